The number of anilines is 2. The number of phenolic OH excluding ortho intramolecular Hbond substituents is 1. The first-order valence-corrected chi connectivity index (χ1v) is 11.9. The first-order chi connectivity index (χ1) is 15.1. The highest BCUT2D eigenvalue weighted by atomic mass is 32.2. The van der Waals surface area contributed by atoms with Crippen molar-refractivity contribution in [1.29, 1.82) is 0 Å². The molecule has 2 heterocycles. The molecular formula is C24H25FN2O4S. The van der Waals surface area contributed by atoms with Crippen LogP contribution in [0.5, 0.6) is 11.5 Å². The number of fused-ring (bicyclic) bond motifs is 1. The molecule has 6 nitrogen and oxygen atoms in total. The van der Waals surface area contributed by atoms with Crippen LogP contribution in [0.3, 0.4) is 0 Å². The van der Waals surface area contributed by atoms with Crippen LogP contribution >= 0.6 is 0 Å². The Morgan fingerprint density at radius 3 is 2.78 bits per heavy atom. The second-order valence-electron chi connectivity index (χ2n) is 8.74. The minimum absolute atomic E-state index is 0.0236. The van der Waals surface area contributed by atoms with E-state index in [1.54, 1.807) is 25.1 Å². The van der Waals surface area contributed by atoms with Crippen molar-refractivity contribution >= 4 is 21.2 Å². The topological polar surface area (TPSA) is 87.7 Å². The van der Waals surface area contributed by atoms with Crippen LogP contribution < -0.4 is 15.4 Å². The van der Waals surface area contributed by atoms with E-state index in [9.17, 15) is 13.5 Å². The van der Waals surface area contributed by atoms with Gasteiger partial charge in [-0.3, -0.25) is 0 Å². The van der Waals surface area contributed by atoms with Crippen LogP contribution in [0.1, 0.15) is 38.8 Å². The van der Waals surface area contributed by atoms with Crippen molar-refractivity contribution in [2.24, 2.45) is 5.41 Å². The molecule has 0 spiro atoms. The third kappa shape index (κ3) is 4.13. The van der Waals surface area contributed by atoms with Crippen molar-refractivity contribution in [3.63, 3.8) is 0 Å². The SMILES string of the molecule is CC#CCOc1ccc(C2Nc3cccc(O)c3NC3=C2S(=O)(=O)CC(C)(C)C3)c(F)c1. The maximum absolute atomic E-state index is 15.3. The molecule has 2 aliphatic heterocycles. The summed E-state index contributed by atoms with van der Waals surface area (Å²) in [5.74, 6) is 5.08. The van der Waals surface area contributed by atoms with Gasteiger partial charge < -0.3 is 20.5 Å². The molecule has 0 radical (unpaired) electrons. The van der Waals surface area contributed by atoms with E-state index in [1.807, 2.05) is 13.8 Å². The molecular weight excluding hydrogens is 431 g/mol. The molecule has 0 amide bonds. The van der Waals surface area contributed by atoms with Gasteiger partial charge in [0.15, 0.2) is 9.84 Å². The van der Waals surface area contributed by atoms with Gasteiger partial charge in [0.25, 0.3) is 0 Å². The van der Waals surface area contributed by atoms with Crippen LogP contribution in [0.15, 0.2) is 47.0 Å². The number of benzene rings is 2. The molecule has 0 aromatic heterocycles. The van der Waals surface area contributed by atoms with Crippen LogP contribution in [0.4, 0.5) is 15.8 Å². The zero-order valence-corrected chi connectivity index (χ0v) is 18.9. The van der Waals surface area contributed by atoms with Crippen LogP contribution in [0, 0.1) is 23.1 Å². The fourth-order valence-electron chi connectivity index (χ4n) is 4.26. The minimum Gasteiger partial charge on any atom is -0.506 e. The average Bonchev–Trinajstić information content (AvgIpc) is 2.84. The van der Waals surface area contributed by atoms with Crippen molar-refractivity contribution < 1.29 is 22.7 Å². The van der Waals surface area contributed by atoms with Crippen molar-refractivity contribution in [3.8, 4) is 23.3 Å². The summed E-state index contributed by atoms with van der Waals surface area (Å²) in [5, 5.41) is 16.7. The molecule has 4 rings (SSSR count). The third-order valence-electron chi connectivity index (χ3n) is 5.52. The Labute approximate surface area is 187 Å². The molecule has 168 valence electrons. The Hall–Kier alpha value is -3.18. The lowest BCUT2D eigenvalue weighted by atomic mass is 9.88. The highest BCUT2D eigenvalue weighted by Gasteiger charge is 2.43. The van der Waals surface area contributed by atoms with E-state index >= 15 is 4.39 Å². The summed E-state index contributed by atoms with van der Waals surface area (Å²) in [5.41, 5.74) is 0.967. The van der Waals surface area contributed by atoms with Crippen molar-refractivity contribution in [3.05, 3.63) is 58.4 Å². The molecule has 0 aliphatic carbocycles. The lowest BCUT2D eigenvalue weighted by Gasteiger charge is -2.34. The number of phenols is 1. The molecule has 32 heavy (non-hydrogen) atoms. The lowest BCUT2D eigenvalue weighted by Crippen LogP contribution is -2.35. The van der Waals surface area contributed by atoms with Gasteiger partial charge in [-0.1, -0.05) is 25.8 Å². The number of rotatable bonds is 3. The maximum atomic E-state index is 15.3. The molecule has 0 saturated carbocycles. The Kier molecular flexibility index (Phi) is 5.55. The van der Waals surface area contributed by atoms with E-state index in [-0.39, 0.29) is 28.6 Å². The Morgan fingerprint density at radius 1 is 1.28 bits per heavy atom. The number of allylic oxidation sites excluding steroid dienone is 1. The Bertz CT molecular complexity index is 1270. The predicted molar refractivity (Wildman–Crippen MR) is 123 cm³/mol. The van der Waals surface area contributed by atoms with Gasteiger partial charge in [-0.25, -0.2) is 12.8 Å². The van der Waals surface area contributed by atoms with Gasteiger partial charge in [0, 0.05) is 17.3 Å². The monoisotopic (exact) mass is 456 g/mol. The standard InChI is InChI=1S/C24H25FN2O4S/c1-4-5-11-31-15-9-10-16(17(25)12-15)21-23-19(13-24(2,3)14-32(23,29)30)27-22-18(26-21)7-6-8-20(22)28/h6-10,12,21,26-28H,11,13-14H2,1-3H3. The zero-order valence-electron chi connectivity index (χ0n) is 18.1. The van der Waals surface area contributed by atoms with Crippen LogP contribution in [-0.4, -0.2) is 25.9 Å². The van der Waals surface area contributed by atoms with E-state index in [2.05, 4.69) is 22.5 Å². The van der Waals surface area contributed by atoms with E-state index in [0.717, 1.165) is 0 Å². The summed E-state index contributed by atoms with van der Waals surface area (Å²) in [6.07, 6.45) is 0.437. The number of halogens is 1. The average molecular weight is 457 g/mol. The van der Waals surface area contributed by atoms with Crippen LogP contribution in [-0.2, 0) is 9.84 Å². The quantitative estimate of drug-likeness (QED) is 0.463. The number of hydrogen-bond acceptors (Lipinski definition) is 6. The molecule has 0 fully saturated rings. The summed E-state index contributed by atoms with van der Waals surface area (Å²) in [6.45, 7) is 5.57. The second kappa shape index (κ2) is 8.06. The molecule has 3 N–H and O–H groups in total. The minimum atomic E-state index is -3.73. The number of aromatic hydroxyl groups is 1. The van der Waals surface area contributed by atoms with Gasteiger partial charge >= 0.3 is 0 Å². The summed E-state index contributed by atoms with van der Waals surface area (Å²) >= 11 is 0. The summed E-state index contributed by atoms with van der Waals surface area (Å²) in [6, 6.07) is 8.26. The lowest BCUT2D eigenvalue weighted by molar-refractivity contribution is 0.367. The maximum Gasteiger partial charge on any atom is 0.179 e. The molecule has 2 aromatic carbocycles. The van der Waals surface area contributed by atoms with E-state index in [0.29, 0.717) is 29.2 Å². The van der Waals surface area contributed by atoms with E-state index in [4.69, 9.17) is 4.74 Å². The van der Waals surface area contributed by atoms with Gasteiger partial charge in [-0.15, -0.1) is 5.92 Å². The molecule has 0 saturated heterocycles. The predicted octanol–water partition coefficient (Wildman–Crippen LogP) is 4.57. The van der Waals surface area contributed by atoms with Gasteiger partial charge in [0.05, 0.1) is 22.4 Å². The van der Waals surface area contributed by atoms with Gasteiger partial charge in [-0.2, -0.15) is 0 Å². The second-order valence-corrected chi connectivity index (χ2v) is 10.7. The van der Waals surface area contributed by atoms with Crippen LogP contribution in [0.25, 0.3) is 0 Å². The van der Waals surface area contributed by atoms with Crippen molar-refractivity contribution in [1.82, 2.24) is 0 Å². The van der Waals surface area contributed by atoms with Crippen molar-refractivity contribution in [2.75, 3.05) is 23.0 Å². The first-order valence-electron chi connectivity index (χ1n) is 10.2. The largest absolute Gasteiger partial charge is 0.506 e. The first kappa shape index (κ1) is 22.0. The van der Waals surface area contributed by atoms with E-state index < -0.39 is 27.1 Å². The Balaban J connectivity index is 1.86. The van der Waals surface area contributed by atoms with Gasteiger partial charge in [-0.05, 0) is 43.0 Å². The number of hydrogen-bond donors (Lipinski definition) is 3. The fraction of sp³-hybridized carbons (Fsp3) is 0.333. The zero-order chi connectivity index (χ0) is 23.1. The fourth-order valence-corrected chi connectivity index (χ4v) is 6.59. The van der Waals surface area contributed by atoms with Crippen molar-refractivity contribution in [2.45, 2.75) is 33.2 Å². The number of ether oxygens (including phenoxy) is 1. The Morgan fingerprint density at radius 2 is 2.06 bits per heavy atom. The molecule has 1 unspecified atom stereocenters. The summed E-state index contributed by atoms with van der Waals surface area (Å²) in [4.78, 5) is 0.0943. The third-order valence-corrected chi connectivity index (χ3v) is 7.83. The number of para-hydroxylation sites is 1. The normalized spacial score (nSPS) is 20.4. The van der Waals surface area contributed by atoms with Crippen LogP contribution in [0.2, 0.25) is 0 Å². The molecule has 8 heteroatoms. The molecule has 2 aromatic rings. The van der Waals surface area contributed by atoms with Gasteiger partial charge in [0.2, 0.25) is 0 Å². The summed E-state index contributed by atoms with van der Waals surface area (Å²) < 4.78 is 47.5. The molecule has 0 bridgehead atoms. The smallest absolute Gasteiger partial charge is 0.179 e. The molecule has 1 atom stereocenters. The highest BCUT2D eigenvalue weighted by Crippen LogP contribution is 2.48. The number of sulfone groups is 1. The number of nitrogens with one attached hydrogen (secondary N) is 2. The summed E-state index contributed by atoms with van der Waals surface area (Å²) in [7, 11) is -3.73. The van der Waals surface area contributed by atoms with E-state index in [1.165, 1.54) is 18.2 Å². The van der Waals surface area contributed by atoms with Gasteiger partial charge in [0.1, 0.15) is 29.6 Å². The molecule has 2 aliphatic rings. The highest BCUT2D eigenvalue weighted by molar-refractivity contribution is 7.95.